The maximum atomic E-state index is 12.2. The topological polar surface area (TPSA) is 70.2 Å². The van der Waals surface area contributed by atoms with E-state index < -0.39 is 0 Å². The molecule has 1 fully saturated rings. The number of rotatable bonds is 5. The molecule has 6 heteroatoms. The highest BCUT2D eigenvalue weighted by molar-refractivity contribution is 5.92. The summed E-state index contributed by atoms with van der Waals surface area (Å²) in [5, 5.41) is 5.89. The average molecular weight is 277 g/mol. The second kappa shape index (κ2) is 6.17. The molecule has 0 unspecified atom stereocenters. The first-order valence-electron chi connectivity index (χ1n) is 7.03. The Balaban J connectivity index is 2.00. The number of nitrogens with one attached hydrogen (secondary N) is 2. The molecule has 1 aromatic rings. The first kappa shape index (κ1) is 14.7. The number of hydrogen-bond donors (Lipinski definition) is 2. The first-order chi connectivity index (χ1) is 9.57. The molecule has 0 saturated heterocycles. The maximum Gasteiger partial charge on any atom is 0.271 e. The van der Waals surface area contributed by atoms with E-state index in [1.807, 2.05) is 0 Å². The smallest absolute Gasteiger partial charge is 0.271 e. The fourth-order valence-electron chi connectivity index (χ4n) is 2.75. The molecule has 1 saturated carbocycles. The number of aromatic nitrogens is 2. The molecule has 0 bridgehead atoms. The van der Waals surface area contributed by atoms with Crippen molar-refractivity contribution in [3.05, 3.63) is 18.1 Å². The number of hydrogen-bond acceptors (Lipinski definition) is 5. The van der Waals surface area contributed by atoms with Gasteiger partial charge in [0, 0.05) is 19.1 Å². The zero-order chi connectivity index (χ0) is 14.6. The number of anilines is 1. The lowest BCUT2D eigenvalue weighted by atomic mass is 9.96. The third kappa shape index (κ3) is 3.07. The van der Waals surface area contributed by atoms with Crippen LogP contribution in [0.1, 0.15) is 36.2 Å². The van der Waals surface area contributed by atoms with Crippen LogP contribution in [0.2, 0.25) is 0 Å². The Labute approximate surface area is 120 Å². The molecular formula is C14H23N5O. The van der Waals surface area contributed by atoms with Crippen LogP contribution in [0.25, 0.3) is 0 Å². The van der Waals surface area contributed by atoms with Gasteiger partial charge in [-0.05, 0) is 26.9 Å². The SMILES string of the molecule is CNc1cncc(C(=O)NCC2(N(C)C)CCCC2)n1. The van der Waals surface area contributed by atoms with Crippen molar-refractivity contribution in [3.63, 3.8) is 0 Å². The largest absolute Gasteiger partial charge is 0.372 e. The third-order valence-electron chi connectivity index (χ3n) is 4.18. The summed E-state index contributed by atoms with van der Waals surface area (Å²) in [4.78, 5) is 22.6. The highest BCUT2D eigenvalue weighted by Gasteiger charge is 2.36. The van der Waals surface area contributed by atoms with E-state index in [0.29, 0.717) is 18.1 Å². The van der Waals surface area contributed by atoms with Gasteiger partial charge >= 0.3 is 0 Å². The minimum atomic E-state index is -0.164. The minimum Gasteiger partial charge on any atom is -0.372 e. The Morgan fingerprint density at radius 2 is 2.05 bits per heavy atom. The van der Waals surface area contributed by atoms with Crippen molar-refractivity contribution in [3.8, 4) is 0 Å². The normalized spacial score (nSPS) is 17.2. The summed E-state index contributed by atoms with van der Waals surface area (Å²) < 4.78 is 0. The fourth-order valence-corrected chi connectivity index (χ4v) is 2.75. The van der Waals surface area contributed by atoms with Crippen LogP contribution < -0.4 is 10.6 Å². The van der Waals surface area contributed by atoms with E-state index in [2.05, 4.69) is 39.6 Å². The molecule has 0 aliphatic heterocycles. The molecule has 0 atom stereocenters. The maximum absolute atomic E-state index is 12.2. The van der Waals surface area contributed by atoms with Crippen LogP contribution in [0.15, 0.2) is 12.4 Å². The van der Waals surface area contributed by atoms with Gasteiger partial charge in [-0.2, -0.15) is 0 Å². The lowest BCUT2D eigenvalue weighted by molar-refractivity contribution is 0.0895. The summed E-state index contributed by atoms with van der Waals surface area (Å²) in [6.45, 7) is 0.657. The summed E-state index contributed by atoms with van der Waals surface area (Å²) in [6, 6.07) is 0. The molecule has 1 heterocycles. The Kier molecular flexibility index (Phi) is 4.54. The summed E-state index contributed by atoms with van der Waals surface area (Å²) in [5.74, 6) is 0.434. The van der Waals surface area contributed by atoms with Crippen molar-refractivity contribution in [2.24, 2.45) is 0 Å². The molecule has 6 nitrogen and oxygen atoms in total. The average Bonchev–Trinajstić information content (AvgIpc) is 2.95. The van der Waals surface area contributed by atoms with Gasteiger partial charge in [0.15, 0.2) is 0 Å². The van der Waals surface area contributed by atoms with Gasteiger partial charge in [0.25, 0.3) is 5.91 Å². The van der Waals surface area contributed by atoms with Gasteiger partial charge in [-0.15, -0.1) is 0 Å². The molecule has 1 aromatic heterocycles. The zero-order valence-corrected chi connectivity index (χ0v) is 12.4. The Morgan fingerprint density at radius 1 is 1.35 bits per heavy atom. The summed E-state index contributed by atoms with van der Waals surface area (Å²) in [5.41, 5.74) is 0.438. The van der Waals surface area contributed by atoms with Crippen molar-refractivity contribution < 1.29 is 4.79 Å². The van der Waals surface area contributed by atoms with Crippen molar-refractivity contribution in [1.29, 1.82) is 0 Å². The predicted octanol–water partition coefficient (Wildman–Crippen LogP) is 1.12. The molecule has 0 spiro atoms. The lowest BCUT2D eigenvalue weighted by Gasteiger charge is -2.36. The molecule has 20 heavy (non-hydrogen) atoms. The number of carbonyl (C=O) groups excluding carboxylic acids is 1. The van der Waals surface area contributed by atoms with Crippen molar-refractivity contribution >= 4 is 11.7 Å². The quantitative estimate of drug-likeness (QED) is 0.844. The molecular weight excluding hydrogens is 254 g/mol. The predicted molar refractivity (Wildman–Crippen MR) is 78.8 cm³/mol. The minimum absolute atomic E-state index is 0.0870. The summed E-state index contributed by atoms with van der Waals surface area (Å²) >= 11 is 0. The molecule has 1 amide bonds. The van der Waals surface area contributed by atoms with Crippen molar-refractivity contribution in [2.45, 2.75) is 31.2 Å². The van der Waals surface area contributed by atoms with E-state index in [4.69, 9.17) is 0 Å². The number of likely N-dealkylation sites (N-methyl/N-ethyl adjacent to an activating group) is 1. The van der Waals surface area contributed by atoms with Crippen LogP contribution in [-0.2, 0) is 0 Å². The molecule has 0 radical (unpaired) electrons. The van der Waals surface area contributed by atoms with Crippen LogP contribution in [-0.4, -0.2) is 54.0 Å². The van der Waals surface area contributed by atoms with Gasteiger partial charge in [0.2, 0.25) is 0 Å². The molecule has 0 aromatic carbocycles. The van der Waals surface area contributed by atoms with Crippen molar-refractivity contribution in [1.82, 2.24) is 20.2 Å². The second-order valence-electron chi connectivity index (χ2n) is 5.55. The van der Waals surface area contributed by atoms with Gasteiger partial charge in [-0.25, -0.2) is 4.98 Å². The second-order valence-corrected chi connectivity index (χ2v) is 5.55. The standard InChI is InChI=1S/C14H23N5O/c1-15-12-9-16-8-11(18-12)13(20)17-10-14(19(2)3)6-4-5-7-14/h8-9H,4-7,10H2,1-3H3,(H,15,18)(H,17,20). The Hall–Kier alpha value is -1.69. The van der Waals surface area contributed by atoms with Crippen LogP contribution in [0.5, 0.6) is 0 Å². The van der Waals surface area contributed by atoms with Gasteiger partial charge in [-0.3, -0.25) is 9.78 Å². The molecule has 2 rings (SSSR count). The zero-order valence-electron chi connectivity index (χ0n) is 12.4. The molecule has 1 aliphatic carbocycles. The number of carbonyl (C=O) groups is 1. The highest BCUT2D eigenvalue weighted by atomic mass is 16.1. The number of amides is 1. The van der Waals surface area contributed by atoms with E-state index in [1.54, 1.807) is 13.2 Å². The third-order valence-corrected chi connectivity index (χ3v) is 4.18. The molecule has 2 N–H and O–H groups in total. The highest BCUT2D eigenvalue weighted by Crippen LogP contribution is 2.33. The van der Waals surface area contributed by atoms with E-state index in [9.17, 15) is 4.79 Å². The van der Waals surface area contributed by atoms with Gasteiger partial charge in [0.05, 0.1) is 12.4 Å². The van der Waals surface area contributed by atoms with E-state index in [-0.39, 0.29) is 11.4 Å². The Bertz CT molecular complexity index is 468. The van der Waals surface area contributed by atoms with E-state index in [1.165, 1.54) is 19.0 Å². The van der Waals surface area contributed by atoms with Crippen molar-refractivity contribution in [2.75, 3.05) is 33.0 Å². The van der Waals surface area contributed by atoms with Gasteiger partial charge < -0.3 is 15.5 Å². The van der Waals surface area contributed by atoms with Crippen LogP contribution in [0, 0.1) is 0 Å². The van der Waals surface area contributed by atoms with E-state index in [0.717, 1.165) is 12.8 Å². The van der Waals surface area contributed by atoms with Gasteiger partial charge in [0.1, 0.15) is 11.5 Å². The van der Waals surface area contributed by atoms with Crippen LogP contribution >= 0.6 is 0 Å². The summed E-state index contributed by atoms with van der Waals surface area (Å²) in [6.07, 6.45) is 7.79. The fraction of sp³-hybridized carbons (Fsp3) is 0.643. The number of nitrogens with zero attached hydrogens (tertiary/aromatic N) is 3. The molecule has 1 aliphatic rings. The monoisotopic (exact) mass is 277 g/mol. The molecule has 110 valence electrons. The summed E-state index contributed by atoms with van der Waals surface area (Å²) in [7, 11) is 5.92. The van der Waals surface area contributed by atoms with Crippen LogP contribution in [0.3, 0.4) is 0 Å². The Morgan fingerprint density at radius 3 is 2.65 bits per heavy atom. The lowest BCUT2D eigenvalue weighted by Crippen LogP contribution is -2.50. The van der Waals surface area contributed by atoms with E-state index >= 15 is 0 Å². The van der Waals surface area contributed by atoms with Gasteiger partial charge in [-0.1, -0.05) is 12.8 Å². The first-order valence-corrected chi connectivity index (χ1v) is 7.03. The van der Waals surface area contributed by atoms with Crippen LogP contribution in [0.4, 0.5) is 5.82 Å².